The van der Waals surface area contributed by atoms with E-state index >= 15 is 0 Å². The maximum Gasteiger partial charge on any atom is 0.257 e. The van der Waals surface area contributed by atoms with Gasteiger partial charge >= 0.3 is 0 Å². The molecule has 1 aromatic heterocycles. The second-order valence-electron chi connectivity index (χ2n) is 3.67. The lowest BCUT2D eigenvalue weighted by Crippen LogP contribution is -2.12. The fourth-order valence-electron chi connectivity index (χ4n) is 1.46. The second-order valence-corrected chi connectivity index (χ2v) is 4.91. The molecule has 0 unspecified atom stereocenters. The van der Waals surface area contributed by atoms with E-state index in [1.807, 2.05) is 0 Å². The van der Waals surface area contributed by atoms with Crippen molar-refractivity contribution in [1.82, 2.24) is 4.98 Å². The van der Waals surface area contributed by atoms with Crippen LogP contribution in [-0.2, 0) is 0 Å². The third-order valence-electron chi connectivity index (χ3n) is 2.40. The van der Waals surface area contributed by atoms with Crippen molar-refractivity contribution in [2.45, 2.75) is 0 Å². The molecule has 1 aromatic carbocycles. The summed E-state index contributed by atoms with van der Waals surface area (Å²) in [6.07, 6.45) is 1.43. The topological polar surface area (TPSA) is 51.2 Å². The molecule has 0 bridgehead atoms. The van der Waals surface area contributed by atoms with Crippen LogP contribution in [0.15, 0.2) is 41.0 Å². The predicted octanol–water partition coefficient (Wildman–Crippen LogP) is 3.76. The molecule has 0 radical (unpaired) electrons. The van der Waals surface area contributed by atoms with Crippen LogP contribution in [0.25, 0.3) is 0 Å². The van der Waals surface area contributed by atoms with Gasteiger partial charge in [0.25, 0.3) is 5.91 Å². The highest BCUT2D eigenvalue weighted by atomic mass is 79.9. The van der Waals surface area contributed by atoms with Crippen LogP contribution in [0.2, 0.25) is 5.15 Å². The largest absolute Gasteiger partial charge is 0.496 e. The summed E-state index contributed by atoms with van der Waals surface area (Å²) in [4.78, 5) is 15.8. The average Bonchev–Trinajstić information content (AvgIpc) is 2.39. The van der Waals surface area contributed by atoms with Gasteiger partial charge in [-0.25, -0.2) is 4.98 Å². The van der Waals surface area contributed by atoms with Crippen LogP contribution >= 0.6 is 27.5 Å². The summed E-state index contributed by atoms with van der Waals surface area (Å²) < 4.78 is 5.88. The minimum atomic E-state index is -0.249. The minimum Gasteiger partial charge on any atom is -0.496 e. The van der Waals surface area contributed by atoms with Crippen molar-refractivity contribution in [2.24, 2.45) is 0 Å². The van der Waals surface area contributed by atoms with E-state index in [1.54, 1.807) is 37.4 Å². The van der Waals surface area contributed by atoms with Crippen LogP contribution in [0.5, 0.6) is 5.75 Å². The first kappa shape index (κ1) is 13.8. The van der Waals surface area contributed by atoms with Crippen molar-refractivity contribution in [2.75, 3.05) is 12.4 Å². The Morgan fingerprint density at radius 2 is 2.16 bits per heavy atom. The number of aromatic nitrogens is 1. The van der Waals surface area contributed by atoms with Crippen molar-refractivity contribution in [3.05, 3.63) is 51.7 Å². The molecule has 2 rings (SSSR count). The molecule has 0 atom stereocenters. The molecule has 1 N–H and O–H groups in total. The first-order chi connectivity index (χ1) is 9.10. The molecule has 2 aromatic rings. The number of anilines is 1. The van der Waals surface area contributed by atoms with E-state index in [4.69, 9.17) is 16.3 Å². The van der Waals surface area contributed by atoms with Crippen molar-refractivity contribution in [3.8, 4) is 5.75 Å². The molecule has 0 saturated carbocycles. The lowest BCUT2D eigenvalue weighted by molar-refractivity contribution is 0.102. The zero-order chi connectivity index (χ0) is 13.8. The molecule has 1 heterocycles. The lowest BCUT2D eigenvalue weighted by Gasteiger charge is -2.08. The number of nitrogens with zero attached hydrogens (tertiary/aromatic N) is 1. The fraction of sp³-hybridized carbons (Fsp3) is 0.0769. The van der Waals surface area contributed by atoms with Crippen LogP contribution in [0, 0.1) is 0 Å². The number of carbonyl (C=O) groups is 1. The number of nitrogens with one attached hydrogen (secondary N) is 1. The summed E-state index contributed by atoms with van der Waals surface area (Å²) in [5, 5.41) is 3.11. The number of hydrogen-bond donors (Lipinski definition) is 1. The highest BCUT2D eigenvalue weighted by Gasteiger charge is 2.08. The SMILES string of the molecule is COc1ccc(NC(=O)c2ccc(Cl)nc2)cc1Br. The third-order valence-corrected chi connectivity index (χ3v) is 3.24. The Bertz CT molecular complexity index is 602. The molecule has 1 amide bonds. The number of halogens is 2. The Labute approximate surface area is 123 Å². The monoisotopic (exact) mass is 340 g/mol. The Balaban J connectivity index is 2.14. The van der Waals surface area contributed by atoms with Crippen molar-refractivity contribution in [3.63, 3.8) is 0 Å². The minimum absolute atomic E-state index is 0.249. The van der Waals surface area contributed by atoms with E-state index in [0.717, 1.165) is 4.47 Å². The summed E-state index contributed by atoms with van der Waals surface area (Å²) >= 11 is 9.02. The predicted molar refractivity (Wildman–Crippen MR) is 77.9 cm³/mol. The number of hydrogen-bond acceptors (Lipinski definition) is 3. The number of carbonyl (C=O) groups excluding carboxylic acids is 1. The molecule has 0 aliphatic heterocycles. The zero-order valence-corrected chi connectivity index (χ0v) is 12.3. The van der Waals surface area contributed by atoms with E-state index < -0.39 is 0 Å². The number of rotatable bonds is 3. The molecule has 0 saturated heterocycles. The molecule has 4 nitrogen and oxygen atoms in total. The smallest absolute Gasteiger partial charge is 0.257 e. The molecule has 98 valence electrons. The molecule has 0 spiro atoms. The van der Waals surface area contributed by atoms with Gasteiger partial charge in [0.1, 0.15) is 10.9 Å². The van der Waals surface area contributed by atoms with Gasteiger partial charge in [0.05, 0.1) is 17.1 Å². The molecule has 0 fully saturated rings. The number of amides is 1. The number of methoxy groups -OCH3 is 1. The normalized spacial score (nSPS) is 10.1. The van der Waals surface area contributed by atoms with Gasteiger partial charge in [0.2, 0.25) is 0 Å². The Hall–Kier alpha value is -1.59. The second kappa shape index (κ2) is 6.04. The average molecular weight is 342 g/mol. The molecular formula is C13H10BrClN2O2. The van der Waals surface area contributed by atoms with Crippen LogP contribution in [0.4, 0.5) is 5.69 Å². The van der Waals surface area contributed by atoms with Gasteiger partial charge in [-0.3, -0.25) is 4.79 Å². The maximum atomic E-state index is 12.0. The molecule has 19 heavy (non-hydrogen) atoms. The Morgan fingerprint density at radius 1 is 1.37 bits per heavy atom. The summed E-state index contributed by atoms with van der Waals surface area (Å²) in [6, 6.07) is 8.47. The molecular weight excluding hydrogens is 332 g/mol. The van der Waals surface area contributed by atoms with Gasteiger partial charge in [0, 0.05) is 11.9 Å². The summed E-state index contributed by atoms with van der Waals surface area (Å²) in [5.74, 6) is 0.451. The van der Waals surface area contributed by atoms with Gasteiger partial charge in [0.15, 0.2) is 0 Å². The number of benzene rings is 1. The highest BCUT2D eigenvalue weighted by Crippen LogP contribution is 2.27. The molecule has 0 aliphatic carbocycles. The van der Waals surface area contributed by atoms with Gasteiger partial charge in [-0.1, -0.05) is 11.6 Å². The van der Waals surface area contributed by atoms with Gasteiger partial charge < -0.3 is 10.1 Å². The summed E-state index contributed by atoms with van der Waals surface area (Å²) in [6.45, 7) is 0. The standard InChI is InChI=1S/C13H10BrClN2O2/c1-19-11-4-3-9(6-10(11)14)17-13(18)8-2-5-12(15)16-7-8/h2-7H,1H3,(H,17,18). The quantitative estimate of drug-likeness (QED) is 0.865. The summed E-state index contributed by atoms with van der Waals surface area (Å²) in [5.41, 5.74) is 1.10. The third kappa shape index (κ3) is 3.45. The maximum absolute atomic E-state index is 12.0. The fourth-order valence-corrected chi connectivity index (χ4v) is 2.11. The highest BCUT2D eigenvalue weighted by molar-refractivity contribution is 9.10. The van der Waals surface area contributed by atoms with Gasteiger partial charge in [-0.15, -0.1) is 0 Å². The lowest BCUT2D eigenvalue weighted by atomic mass is 10.2. The first-order valence-electron chi connectivity index (χ1n) is 5.36. The molecule has 6 heteroatoms. The Morgan fingerprint density at radius 3 is 2.74 bits per heavy atom. The van der Waals surface area contributed by atoms with Crippen LogP contribution in [0.3, 0.4) is 0 Å². The van der Waals surface area contributed by atoms with E-state index in [9.17, 15) is 4.79 Å². The molecule has 0 aliphatic rings. The summed E-state index contributed by atoms with van der Waals surface area (Å²) in [7, 11) is 1.58. The van der Waals surface area contributed by atoms with E-state index in [-0.39, 0.29) is 5.91 Å². The van der Waals surface area contributed by atoms with Gasteiger partial charge in [-0.2, -0.15) is 0 Å². The Kier molecular flexibility index (Phi) is 4.39. The van der Waals surface area contributed by atoms with Crippen molar-refractivity contribution in [1.29, 1.82) is 0 Å². The van der Waals surface area contributed by atoms with Crippen LogP contribution in [-0.4, -0.2) is 18.0 Å². The first-order valence-corrected chi connectivity index (χ1v) is 6.53. The van der Waals surface area contributed by atoms with E-state index in [0.29, 0.717) is 22.2 Å². The van der Waals surface area contributed by atoms with Gasteiger partial charge in [-0.05, 0) is 46.3 Å². The van der Waals surface area contributed by atoms with E-state index in [2.05, 4.69) is 26.2 Å². The van der Waals surface area contributed by atoms with Crippen molar-refractivity contribution < 1.29 is 9.53 Å². The van der Waals surface area contributed by atoms with E-state index in [1.165, 1.54) is 6.20 Å². The van der Waals surface area contributed by atoms with Crippen LogP contribution in [0.1, 0.15) is 10.4 Å². The number of pyridine rings is 1. The number of ether oxygens (including phenoxy) is 1. The van der Waals surface area contributed by atoms with Crippen LogP contribution < -0.4 is 10.1 Å². The zero-order valence-electron chi connectivity index (χ0n) is 9.98. The van der Waals surface area contributed by atoms with Crippen molar-refractivity contribution >= 4 is 39.1 Å².